The summed E-state index contributed by atoms with van der Waals surface area (Å²) in [5, 5.41) is 6.59. The van der Waals surface area contributed by atoms with Gasteiger partial charge in [-0.1, -0.05) is 12.1 Å². The number of nitrogens with one attached hydrogen (secondary N) is 2. The fourth-order valence-corrected chi connectivity index (χ4v) is 2.54. The van der Waals surface area contributed by atoms with Crippen molar-refractivity contribution in [3.63, 3.8) is 0 Å². The van der Waals surface area contributed by atoms with Crippen LogP contribution in [0.15, 0.2) is 29.3 Å². The monoisotopic (exact) mass is 488 g/mol. The highest BCUT2D eigenvalue weighted by Gasteiger charge is 2.20. The number of carbonyl (C=O) groups excluding carboxylic acids is 1. The fraction of sp³-hybridized carbons (Fsp3) is 0.600. The molecule has 1 aromatic carbocycles. The van der Waals surface area contributed by atoms with Crippen LogP contribution in [-0.2, 0) is 11.2 Å². The highest BCUT2D eigenvalue weighted by atomic mass is 127. The molecule has 6 nitrogen and oxygen atoms in total. The minimum Gasteiger partial charge on any atom is -0.379 e. The number of amides is 1. The normalized spacial score (nSPS) is 13.7. The van der Waals surface area contributed by atoms with Crippen molar-refractivity contribution in [1.82, 2.24) is 15.5 Å². The molecule has 0 heterocycles. The highest BCUT2D eigenvalue weighted by Crippen LogP contribution is 2.28. The van der Waals surface area contributed by atoms with Gasteiger partial charge in [0.1, 0.15) is 0 Å². The lowest BCUT2D eigenvalue weighted by Gasteiger charge is -2.13. The van der Waals surface area contributed by atoms with Gasteiger partial charge < -0.3 is 20.3 Å². The molecule has 1 aromatic rings. The Kier molecular flexibility index (Phi) is 11.3. The molecule has 152 valence electrons. The molecule has 0 atom stereocenters. The van der Waals surface area contributed by atoms with E-state index in [1.807, 2.05) is 24.3 Å². The van der Waals surface area contributed by atoms with E-state index >= 15 is 0 Å². The number of hydrogen-bond donors (Lipinski definition) is 2. The van der Waals surface area contributed by atoms with Crippen molar-refractivity contribution in [3.05, 3.63) is 35.4 Å². The topological polar surface area (TPSA) is 66.0 Å². The number of halogens is 1. The third kappa shape index (κ3) is 9.41. The first kappa shape index (κ1) is 23.7. The maximum Gasteiger partial charge on any atom is 0.253 e. The molecule has 0 bridgehead atoms. The smallest absolute Gasteiger partial charge is 0.253 e. The zero-order valence-corrected chi connectivity index (χ0v) is 19.0. The lowest BCUT2D eigenvalue weighted by Crippen LogP contribution is -2.38. The number of aliphatic imine (C=N–C) groups is 1. The van der Waals surface area contributed by atoms with Crippen LogP contribution in [0.1, 0.15) is 35.7 Å². The van der Waals surface area contributed by atoms with E-state index in [9.17, 15) is 4.79 Å². The van der Waals surface area contributed by atoms with E-state index in [4.69, 9.17) is 4.74 Å². The summed E-state index contributed by atoms with van der Waals surface area (Å²) in [6.07, 6.45) is 3.46. The average Bonchev–Trinajstić information content (AvgIpc) is 3.45. The van der Waals surface area contributed by atoms with E-state index in [1.165, 1.54) is 12.8 Å². The summed E-state index contributed by atoms with van der Waals surface area (Å²) in [5.41, 5.74) is 1.86. The first-order valence-corrected chi connectivity index (χ1v) is 9.50. The minimum atomic E-state index is 0. The summed E-state index contributed by atoms with van der Waals surface area (Å²) in [6, 6.07) is 7.79. The van der Waals surface area contributed by atoms with E-state index in [-0.39, 0.29) is 29.9 Å². The van der Waals surface area contributed by atoms with E-state index in [0.29, 0.717) is 13.2 Å². The molecule has 0 radical (unpaired) electrons. The van der Waals surface area contributed by atoms with Gasteiger partial charge in [-0.15, -0.1) is 24.0 Å². The molecular weight excluding hydrogens is 455 g/mol. The van der Waals surface area contributed by atoms with Crippen molar-refractivity contribution >= 4 is 35.8 Å². The number of guanidine groups is 1. The summed E-state index contributed by atoms with van der Waals surface area (Å²) in [4.78, 5) is 18.2. The predicted molar refractivity (Wildman–Crippen MR) is 121 cm³/mol. The third-order valence-corrected chi connectivity index (χ3v) is 4.19. The van der Waals surface area contributed by atoms with Gasteiger partial charge in [0.05, 0.1) is 13.2 Å². The maximum absolute atomic E-state index is 12.1. The van der Waals surface area contributed by atoms with Crippen molar-refractivity contribution in [3.8, 4) is 0 Å². The van der Waals surface area contributed by atoms with Gasteiger partial charge in [0, 0.05) is 39.4 Å². The Balaban J connectivity index is 0.00000364. The van der Waals surface area contributed by atoms with Gasteiger partial charge in [-0.25, -0.2) is 0 Å². The molecule has 7 heteroatoms. The van der Waals surface area contributed by atoms with Crippen LogP contribution >= 0.6 is 24.0 Å². The number of ether oxygens (including phenoxy) is 1. The zero-order valence-electron chi connectivity index (χ0n) is 16.7. The molecule has 0 aromatic heterocycles. The van der Waals surface area contributed by atoms with E-state index in [1.54, 1.807) is 19.0 Å². The summed E-state index contributed by atoms with van der Waals surface area (Å²) in [5.74, 6) is 1.63. The molecule has 0 aliphatic heterocycles. The molecule has 1 fully saturated rings. The molecule has 2 rings (SSSR count). The molecule has 1 aliphatic carbocycles. The molecule has 1 saturated carbocycles. The van der Waals surface area contributed by atoms with Gasteiger partial charge >= 0.3 is 0 Å². The van der Waals surface area contributed by atoms with E-state index in [0.717, 1.165) is 49.1 Å². The van der Waals surface area contributed by atoms with E-state index in [2.05, 4.69) is 22.5 Å². The van der Waals surface area contributed by atoms with Crippen LogP contribution in [0.25, 0.3) is 0 Å². The lowest BCUT2D eigenvalue weighted by molar-refractivity contribution is 0.0827. The van der Waals surface area contributed by atoms with Crippen molar-refractivity contribution in [1.29, 1.82) is 0 Å². The van der Waals surface area contributed by atoms with Crippen molar-refractivity contribution < 1.29 is 9.53 Å². The Labute approximate surface area is 180 Å². The maximum atomic E-state index is 12.1. The largest absolute Gasteiger partial charge is 0.379 e. The number of nitrogens with zero attached hydrogens (tertiary/aromatic N) is 2. The zero-order chi connectivity index (χ0) is 18.8. The van der Waals surface area contributed by atoms with Crippen LogP contribution in [-0.4, -0.2) is 63.7 Å². The first-order valence-electron chi connectivity index (χ1n) is 9.50. The predicted octanol–water partition coefficient (Wildman–Crippen LogP) is 2.53. The van der Waals surface area contributed by atoms with Crippen LogP contribution in [0.4, 0.5) is 0 Å². The Morgan fingerprint density at radius 3 is 2.74 bits per heavy atom. The quantitative estimate of drug-likeness (QED) is 0.230. The van der Waals surface area contributed by atoms with Gasteiger partial charge in [-0.05, 0) is 49.8 Å². The average molecular weight is 488 g/mol. The van der Waals surface area contributed by atoms with Crippen LogP contribution in [0.2, 0.25) is 0 Å². The Morgan fingerprint density at radius 2 is 2.07 bits per heavy atom. The molecule has 0 saturated heterocycles. The van der Waals surface area contributed by atoms with Crippen LogP contribution in [0.3, 0.4) is 0 Å². The third-order valence-electron chi connectivity index (χ3n) is 4.19. The fourth-order valence-electron chi connectivity index (χ4n) is 2.54. The van der Waals surface area contributed by atoms with Crippen molar-refractivity contribution in [2.75, 3.05) is 46.9 Å². The summed E-state index contributed by atoms with van der Waals surface area (Å²) in [7, 11) is 3.54. The lowest BCUT2D eigenvalue weighted by atomic mass is 10.1. The summed E-state index contributed by atoms with van der Waals surface area (Å²) < 4.78 is 5.62. The standard InChI is InChI=1S/C20H32N4O2.HI/c1-4-21-20(23-12-13-26-15-17-8-9-17)22-11-10-16-6-5-7-18(14-16)19(25)24(2)3;/h5-7,14,17H,4,8-13,15H2,1-3H3,(H2,21,22,23);1H. The minimum absolute atomic E-state index is 0. The molecule has 2 N–H and O–H groups in total. The second-order valence-electron chi connectivity index (χ2n) is 6.86. The van der Waals surface area contributed by atoms with Crippen molar-refractivity contribution in [2.45, 2.75) is 26.2 Å². The van der Waals surface area contributed by atoms with Crippen LogP contribution < -0.4 is 10.6 Å². The molecule has 1 amide bonds. The highest BCUT2D eigenvalue weighted by molar-refractivity contribution is 14.0. The second kappa shape index (κ2) is 12.9. The number of carbonyl (C=O) groups is 1. The molecule has 1 aliphatic rings. The van der Waals surface area contributed by atoms with Gasteiger partial charge in [0.25, 0.3) is 5.91 Å². The van der Waals surface area contributed by atoms with Gasteiger partial charge in [-0.2, -0.15) is 0 Å². The molecule has 0 spiro atoms. The summed E-state index contributed by atoms with van der Waals surface area (Å²) >= 11 is 0. The number of hydrogen-bond acceptors (Lipinski definition) is 3. The van der Waals surface area contributed by atoms with Gasteiger partial charge in [0.15, 0.2) is 5.96 Å². The molecule has 0 unspecified atom stereocenters. The van der Waals surface area contributed by atoms with Gasteiger partial charge in [-0.3, -0.25) is 9.79 Å². The summed E-state index contributed by atoms with van der Waals surface area (Å²) in [6.45, 7) is 5.84. The SMILES string of the molecule is CCNC(=NCCOCC1CC1)NCCc1cccc(C(=O)N(C)C)c1.I. The van der Waals surface area contributed by atoms with Crippen LogP contribution in [0, 0.1) is 5.92 Å². The van der Waals surface area contributed by atoms with Crippen molar-refractivity contribution in [2.24, 2.45) is 10.9 Å². The first-order chi connectivity index (χ1) is 12.6. The number of benzene rings is 1. The van der Waals surface area contributed by atoms with Crippen LogP contribution in [0.5, 0.6) is 0 Å². The van der Waals surface area contributed by atoms with E-state index < -0.39 is 0 Å². The second-order valence-corrected chi connectivity index (χ2v) is 6.86. The molecular formula is C20H33IN4O2. The Morgan fingerprint density at radius 1 is 1.30 bits per heavy atom. The molecule has 27 heavy (non-hydrogen) atoms. The van der Waals surface area contributed by atoms with Gasteiger partial charge in [0.2, 0.25) is 0 Å². The number of rotatable bonds is 10. The Bertz CT molecular complexity index is 603. The Hall–Kier alpha value is -1.35.